The molecule has 5 rings (SSSR count). The molecule has 5 aromatic rings. The molecule has 0 spiro atoms. The first-order valence-electron chi connectivity index (χ1n) is 11.0. The lowest BCUT2D eigenvalue weighted by Gasteiger charge is -2.09. The van der Waals surface area contributed by atoms with Gasteiger partial charge in [-0.15, -0.1) is 0 Å². The van der Waals surface area contributed by atoms with Gasteiger partial charge in [0.05, 0.1) is 0 Å². The molecule has 0 unspecified atom stereocenters. The van der Waals surface area contributed by atoms with E-state index in [1.165, 1.54) is 33.4 Å². The maximum atomic E-state index is 3.43. The van der Waals surface area contributed by atoms with Crippen molar-refractivity contribution in [2.24, 2.45) is 0 Å². The highest BCUT2D eigenvalue weighted by Crippen LogP contribution is 2.27. The summed E-state index contributed by atoms with van der Waals surface area (Å²) in [7, 11) is 0. The summed E-state index contributed by atoms with van der Waals surface area (Å²) in [6.45, 7) is 0. The molecule has 0 amide bonds. The van der Waals surface area contributed by atoms with Crippen molar-refractivity contribution in [1.29, 1.82) is 0 Å². The normalized spacial score (nSPS) is 10.6. The Bertz CT molecular complexity index is 1150. The smallest absolute Gasteiger partial charge is 0.0384 e. The van der Waals surface area contributed by atoms with E-state index in [1.54, 1.807) is 0 Å². The third-order valence-electron chi connectivity index (χ3n) is 5.70. The summed E-state index contributed by atoms with van der Waals surface area (Å²) in [5.74, 6) is 0. The molecular formula is C31H25N. The van der Waals surface area contributed by atoms with Crippen LogP contribution in [0.4, 0.5) is 11.4 Å². The summed E-state index contributed by atoms with van der Waals surface area (Å²) in [6.07, 6.45) is 0.967. The van der Waals surface area contributed by atoms with Crippen LogP contribution in [0, 0.1) is 0 Å². The molecular weight excluding hydrogens is 386 g/mol. The van der Waals surface area contributed by atoms with E-state index in [2.05, 4.69) is 121 Å². The summed E-state index contributed by atoms with van der Waals surface area (Å²) in [5, 5.41) is 3.43. The first kappa shape index (κ1) is 19.8. The topological polar surface area (TPSA) is 12.0 Å². The Kier molecular flexibility index (Phi) is 5.80. The quantitative estimate of drug-likeness (QED) is 0.296. The van der Waals surface area contributed by atoms with Crippen LogP contribution in [0.15, 0.2) is 133 Å². The minimum absolute atomic E-state index is 0.967. The van der Waals surface area contributed by atoms with Crippen LogP contribution in [0.2, 0.25) is 0 Å². The van der Waals surface area contributed by atoms with Crippen LogP contribution in [0.5, 0.6) is 0 Å². The molecule has 1 N–H and O–H groups in total. The van der Waals surface area contributed by atoms with Crippen LogP contribution in [-0.2, 0) is 6.42 Å². The fourth-order valence-corrected chi connectivity index (χ4v) is 3.94. The molecule has 0 bridgehead atoms. The molecule has 0 aliphatic carbocycles. The zero-order valence-corrected chi connectivity index (χ0v) is 17.9. The van der Waals surface area contributed by atoms with Gasteiger partial charge >= 0.3 is 0 Å². The van der Waals surface area contributed by atoms with Gasteiger partial charge in [-0.05, 0) is 64.1 Å². The molecule has 1 nitrogen and oxygen atoms in total. The van der Waals surface area contributed by atoms with Crippen LogP contribution in [0.25, 0.3) is 22.3 Å². The van der Waals surface area contributed by atoms with Gasteiger partial charge in [-0.2, -0.15) is 0 Å². The minimum atomic E-state index is 0.967. The highest BCUT2D eigenvalue weighted by atomic mass is 14.9. The summed E-state index contributed by atoms with van der Waals surface area (Å²) >= 11 is 0. The molecule has 0 radical (unpaired) electrons. The van der Waals surface area contributed by atoms with E-state index >= 15 is 0 Å². The molecule has 0 aromatic heterocycles. The Balaban J connectivity index is 1.26. The van der Waals surface area contributed by atoms with Crippen molar-refractivity contribution >= 4 is 11.4 Å². The van der Waals surface area contributed by atoms with E-state index in [4.69, 9.17) is 0 Å². The zero-order chi connectivity index (χ0) is 21.6. The maximum Gasteiger partial charge on any atom is 0.0384 e. The van der Waals surface area contributed by atoms with Crippen molar-refractivity contribution in [2.75, 3.05) is 5.32 Å². The van der Waals surface area contributed by atoms with Crippen molar-refractivity contribution in [3.8, 4) is 22.3 Å². The lowest BCUT2D eigenvalue weighted by atomic mass is 9.98. The van der Waals surface area contributed by atoms with Gasteiger partial charge in [-0.25, -0.2) is 0 Å². The van der Waals surface area contributed by atoms with Crippen LogP contribution in [0.1, 0.15) is 11.1 Å². The first-order valence-corrected chi connectivity index (χ1v) is 11.0. The monoisotopic (exact) mass is 411 g/mol. The van der Waals surface area contributed by atoms with Gasteiger partial charge in [0.1, 0.15) is 0 Å². The predicted octanol–water partition coefficient (Wildman–Crippen LogP) is 8.36. The van der Waals surface area contributed by atoms with E-state index < -0.39 is 0 Å². The van der Waals surface area contributed by atoms with Crippen LogP contribution in [-0.4, -0.2) is 0 Å². The van der Waals surface area contributed by atoms with Gasteiger partial charge < -0.3 is 5.32 Å². The van der Waals surface area contributed by atoms with E-state index in [1.807, 2.05) is 18.2 Å². The third-order valence-corrected chi connectivity index (χ3v) is 5.70. The van der Waals surface area contributed by atoms with E-state index in [9.17, 15) is 0 Å². The number of para-hydroxylation sites is 1. The Morgan fingerprint density at radius 2 is 0.719 bits per heavy atom. The second kappa shape index (κ2) is 9.36. The zero-order valence-electron chi connectivity index (χ0n) is 17.9. The highest BCUT2D eigenvalue weighted by molar-refractivity contribution is 5.72. The Labute approximate surface area is 190 Å². The number of hydrogen-bond acceptors (Lipinski definition) is 1. The Morgan fingerprint density at radius 1 is 0.344 bits per heavy atom. The number of hydrogen-bond donors (Lipinski definition) is 1. The van der Waals surface area contributed by atoms with Gasteiger partial charge in [0, 0.05) is 11.4 Å². The fraction of sp³-hybridized carbons (Fsp3) is 0.0323. The molecule has 0 saturated heterocycles. The number of anilines is 2. The average molecular weight is 412 g/mol. The molecule has 0 fully saturated rings. The largest absolute Gasteiger partial charge is 0.356 e. The minimum Gasteiger partial charge on any atom is -0.356 e. The molecule has 32 heavy (non-hydrogen) atoms. The lowest BCUT2D eigenvalue weighted by Crippen LogP contribution is -1.89. The molecule has 0 heterocycles. The number of rotatable bonds is 6. The molecule has 154 valence electrons. The molecule has 0 saturated carbocycles. The second-order valence-corrected chi connectivity index (χ2v) is 8.01. The number of nitrogens with one attached hydrogen (secondary N) is 1. The molecule has 5 aromatic carbocycles. The van der Waals surface area contributed by atoms with Crippen LogP contribution >= 0.6 is 0 Å². The predicted molar refractivity (Wildman–Crippen MR) is 136 cm³/mol. The molecule has 0 aliphatic rings. The second-order valence-electron chi connectivity index (χ2n) is 8.01. The summed E-state index contributed by atoms with van der Waals surface area (Å²) in [6, 6.07) is 47.1. The van der Waals surface area contributed by atoms with Crippen LogP contribution in [0.3, 0.4) is 0 Å². The first-order chi connectivity index (χ1) is 15.8. The molecule has 1 heteroatoms. The molecule has 0 aliphatic heterocycles. The van der Waals surface area contributed by atoms with Crippen molar-refractivity contribution in [3.05, 3.63) is 145 Å². The van der Waals surface area contributed by atoms with E-state index in [0.717, 1.165) is 17.8 Å². The third kappa shape index (κ3) is 4.79. The van der Waals surface area contributed by atoms with Gasteiger partial charge in [0.25, 0.3) is 0 Å². The van der Waals surface area contributed by atoms with Crippen molar-refractivity contribution in [3.63, 3.8) is 0 Å². The van der Waals surface area contributed by atoms with Crippen molar-refractivity contribution in [1.82, 2.24) is 0 Å². The summed E-state index contributed by atoms with van der Waals surface area (Å²) in [5.41, 5.74) is 9.79. The highest BCUT2D eigenvalue weighted by Gasteiger charge is 2.03. The summed E-state index contributed by atoms with van der Waals surface area (Å²) in [4.78, 5) is 0. The lowest BCUT2D eigenvalue weighted by molar-refractivity contribution is 1.19. The van der Waals surface area contributed by atoms with Gasteiger partial charge in [-0.3, -0.25) is 0 Å². The number of benzene rings is 5. The fourth-order valence-electron chi connectivity index (χ4n) is 3.94. The van der Waals surface area contributed by atoms with E-state index in [0.29, 0.717) is 0 Å². The van der Waals surface area contributed by atoms with Crippen molar-refractivity contribution in [2.45, 2.75) is 6.42 Å². The van der Waals surface area contributed by atoms with Crippen LogP contribution < -0.4 is 5.32 Å². The Hall–Kier alpha value is -4.10. The maximum absolute atomic E-state index is 3.43. The average Bonchev–Trinajstić information content (AvgIpc) is 2.86. The summed E-state index contributed by atoms with van der Waals surface area (Å²) < 4.78 is 0. The SMILES string of the molecule is c1ccc(Cc2ccc(-c3ccc(-c4ccc(Nc5ccccc5)cc4)cc3)cc2)cc1. The standard InChI is InChI=1S/C31H25N/c1-3-7-24(8-4-1)23-25-11-13-26(14-12-25)27-15-17-28(18-16-27)29-19-21-31(22-20-29)32-30-9-5-2-6-10-30/h1-22,32H,23H2. The Morgan fingerprint density at radius 3 is 1.25 bits per heavy atom. The van der Waals surface area contributed by atoms with Gasteiger partial charge in [0.2, 0.25) is 0 Å². The van der Waals surface area contributed by atoms with Gasteiger partial charge in [0.15, 0.2) is 0 Å². The van der Waals surface area contributed by atoms with Gasteiger partial charge in [-0.1, -0.05) is 109 Å². The van der Waals surface area contributed by atoms with E-state index in [-0.39, 0.29) is 0 Å². The molecule has 0 atom stereocenters. The van der Waals surface area contributed by atoms with Crippen molar-refractivity contribution < 1.29 is 0 Å².